The van der Waals surface area contributed by atoms with E-state index in [-0.39, 0.29) is 11.8 Å². The van der Waals surface area contributed by atoms with Crippen LogP contribution in [-0.4, -0.2) is 41.8 Å². The maximum atomic E-state index is 12.8. The van der Waals surface area contributed by atoms with Gasteiger partial charge in [-0.25, -0.2) is 0 Å². The van der Waals surface area contributed by atoms with E-state index in [2.05, 4.69) is 4.98 Å². The lowest BCUT2D eigenvalue weighted by atomic mass is 10.1. The van der Waals surface area contributed by atoms with Crippen molar-refractivity contribution in [3.05, 3.63) is 59.4 Å². The summed E-state index contributed by atoms with van der Waals surface area (Å²) in [6.07, 6.45) is 6.66. The summed E-state index contributed by atoms with van der Waals surface area (Å²) in [5.41, 5.74) is 2.82. The van der Waals surface area contributed by atoms with Gasteiger partial charge >= 0.3 is 0 Å². The van der Waals surface area contributed by atoms with Gasteiger partial charge in [-0.05, 0) is 56.0 Å². The number of hydrogen-bond acceptors (Lipinski definition) is 3. The maximum Gasteiger partial charge on any atom is 0.258 e. The Morgan fingerprint density at radius 2 is 1.80 bits per heavy atom. The van der Waals surface area contributed by atoms with E-state index in [1.165, 1.54) is 6.42 Å². The molecule has 0 saturated carbocycles. The molecule has 130 valence electrons. The Balaban J connectivity index is 1.82. The number of carbonyl (C=O) groups is 2. The van der Waals surface area contributed by atoms with Crippen molar-refractivity contribution in [3.63, 3.8) is 0 Å². The van der Waals surface area contributed by atoms with Gasteiger partial charge in [0.1, 0.15) is 0 Å². The average molecular weight is 337 g/mol. The molecule has 3 rings (SSSR count). The number of aryl methyl sites for hydroxylation is 1. The molecule has 2 heterocycles. The van der Waals surface area contributed by atoms with Crippen molar-refractivity contribution < 1.29 is 9.59 Å². The van der Waals surface area contributed by atoms with Gasteiger partial charge < -0.3 is 9.80 Å². The number of benzene rings is 1. The van der Waals surface area contributed by atoms with Gasteiger partial charge in [-0.15, -0.1) is 0 Å². The molecule has 25 heavy (non-hydrogen) atoms. The fourth-order valence-corrected chi connectivity index (χ4v) is 3.17. The second kappa shape index (κ2) is 7.47. The predicted octanol–water partition coefficient (Wildman–Crippen LogP) is 3.29. The van der Waals surface area contributed by atoms with Gasteiger partial charge in [-0.1, -0.05) is 6.07 Å². The van der Waals surface area contributed by atoms with E-state index < -0.39 is 0 Å². The Morgan fingerprint density at radius 3 is 2.52 bits per heavy atom. The van der Waals surface area contributed by atoms with Crippen LogP contribution >= 0.6 is 0 Å². The van der Waals surface area contributed by atoms with Gasteiger partial charge in [-0.3, -0.25) is 14.6 Å². The van der Waals surface area contributed by atoms with E-state index in [1.807, 2.05) is 17.9 Å². The van der Waals surface area contributed by atoms with E-state index in [0.29, 0.717) is 11.1 Å². The molecule has 0 radical (unpaired) electrons. The SMILES string of the molecule is Cc1ccncc1N(C)C(=O)c1cccc(C(=O)N2CCCCC2)c1. The number of aromatic nitrogens is 1. The molecule has 1 fully saturated rings. The number of rotatable bonds is 3. The Morgan fingerprint density at radius 1 is 1.08 bits per heavy atom. The van der Waals surface area contributed by atoms with Crippen LogP contribution in [0.25, 0.3) is 0 Å². The largest absolute Gasteiger partial charge is 0.339 e. The molecule has 5 nitrogen and oxygen atoms in total. The number of likely N-dealkylation sites (tertiary alicyclic amines) is 1. The first-order valence-corrected chi connectivity index (χ1v) is 8.66. The number of nitrogens with zero attached hydrogens (tertiary/aromatic N) is 3. The van der Waals surface area contributed by atoms with E-state index in [4.69, 9.17) is 0 Å². The lowest BCUT2D eigenvalue weighted by Gasteiger charge is -2.27. The smallest absolute Gasteiger partial charge is 0.258 e. The zero-order valence-electron chi connectivity index (χ0n) is 14.7. The van der Waals surface area contributed by atoms with Crippen LogP contribution in [0.1, 0.15) is 45.5 Å². The van der Waals surface area contributed by atoms with Crippen LogP contribution in [0.2, 0.25) is 0 Å². The third kappa shape index (κ3) is 3.71. The minimum atomic E-state index is -0.149. The second-order valence-corrected chi connectivity index (χ2v) is 6.46. The third-order valence-corrected chi connectivity index (χ3v) is 4.68. The molecular formula is C20H23N3O2. The molecule has 0 N–H and O–H groups in total. The topological polar surface area (TPSA) is 53.5 Å². The van der Waals surface area contributed by atoms with Crippen LogP contribution in [0.15, 0.2) is 42.7 Å². The summed E-state index contributed by atoms with van der Waals surface area (Å²) in [6.45, 7) is 3.54. The molecule has 2 amide bonds. The quantitative estimate of drug-likeness (QED) is 0.863. The number of pyridine rings is 1. The molecule has 5 heteroatoms. The first kappa shape index (κ1) is 17.1. The molecule has 1 saturated heterocycles. The second-order valence-electron chi connectivity index (χ2n) is 6.46. The number of amides is 2. The minimum Gasteiger partial charge on any atom is -0.339 e. The first-order chi connectivity index (χ1) is 12.1. The highest BCUT2D eigenvalue weighted by Crippen LogP contribution is 2.20. The van der Waals surface area contributed by atoms with E-state index in [9.17, 15) is 9.59 Å². The summed E-state index contributed by atoms with van der Waals surface area (Å²) < 4.78 is 0. The number of anilines is 1. The number of piperidine rings is 1. The lowest BCUT2D eigenvalue weighted by Crippen LogP contribution is -2.35. The van der Waals surface area contributed by atoms with Crippen LogP contribution in [0.5, 0.6) is 0 Å². The Hall–Kier alpha value is -2.69. The molecule has 1 aromatic carbocycles. The molecule has 0 bridgehead atoms. The monoisotopic (exact) mass is 337 g/mol. The Labute approximate surface area is 148 Å². The van der Waals surface area contributed by atoms with Crippen molar-refractivity contribution in [1.82, 2.24) is 9.88 Å². The van der Waals surface area contributed by atoms with E-state index in [0.717, 1.165) is 37.2 Å². The molecule has 0 aliphatic carbocycles. The van der Waals surface area contributed by atoms with Crippen LogP contribution in [0, 0.1) is 6.92 Å². The lowest BCUT2D eigenvalue weighted by molar-refractivity contribution is 0.0724. The highest BCUT2D eigenvalue weighted by molar-refractivity contribution is 6.07. The fourth-order valence-electron chi connectivity index (χ4n) is 3.17. The van der Waals surface area contributed by atoms with Crippen molar-refractivity contribution >= 4 is 17.5 Å². The van der Waals surface area contributed by atoms with Crippen LogP contribution in [-0.2, 0) is 0 Å². The Kier molecular flexibility index (Phi) is 5.12. The van der Waals surface area contributed by atoms with Crippen LogP contribution in [0.3, 0.4) is 0 Å². The van der Waals surface area contributed by atoms with Gasteiger partial charge in [0.05, 0.1) is 11.9 Å². The third-order valence-electron chi connectivity index (χ3n) is 4.68. The zero-order valence-corrected chi connectivity index (χ0v) is 14.7. The summed E-state index contributed by atoms with van der Waals surface area (Å²) in [7, 11) is 1.73. The minimum absolute atomic E-state index is 0.00885. The summed E-state index contributed by atoms with van der Waals surface area (Å²) in [4.78, 5) is 33.0. The summed E-state index contributed by atoms with van der Waals surface area (Å²) in [6, 6.07) is 8.87. The Bertz CT molecular complexity index is 782. The zero-order chi connectivity index (χ0) is 17.8. The summed E-state index contributed by atoms with van der Waals surface area (Å²) >= 11 is 0. The molecule has 2 aromatic rings. The van der Waals surface area contributed by atoms with Gasteiger partial charge in [0.25, 0.3) is 11.8 Å². The van der Waals surface area contributed by atoms with Crippen molar-refractivity contribution in [3.8, 4) is 0 Å². The van der Waals surface area contributed by atoms with E-state index >= 15 is 0 Å². The van der Waals surface area contributed by atoms with Gasteiger partial charge in [-0.2, -0.15) is 0 Å². The molecule has 0 atom stereocenters. The summed E-state index contributed by atoms with van der Waals surface area (Å²) in [5.74, 6) is -0.140. The molecule has 0 unspecified atom stereocenters. The molecular weight excluding hydrogens is 314 g/mol. The standard InChI is InChI=1S/C20H23N3O2/c1-15-9-10-21-14-18(15)22(2)19(24)16-7-6-8-17(13-16)20(25)23-11-4-3-5-12-23/h6-10,13-14H,3-5,11-12H2,1-2H3. The normalized spacial score (nSPS) is 14.2. The van der Waals surface area contributed by atoms with Gasteiger partial charge in [0, 0.05) is 37.5 Å². The number of carbonyl (C=O) groups excluding carboxylic acids is 2. The average Bonchev–Trinajstić information content (AvgIpc) is 2.67. The van der Waals surface area contributed by atoms with Crippen molar-refractivity contribution in [2.24, 2.45) is 0 Å². The molecule has 1 aromatic heterocycles. The summed E-state index contributed by atoms with van der Waals surface area (Å²) in [5, 5.41) is 0. The predicted molar refractivity (Wildman–Crippen MR) is 97.9 cm³/mol. The molecule has 0 spiro atoms. The van der Waals surface area contributed by atoms with Gasteiger partial charge in [0.2, 0.25) is 0 Å². The fraction of sp³-hybridized carbons (Fsp3) is 0.350. The van der Waals surface area contributed by atoms with Crippen molar-refractivity contribution in [2.45, 2.75) is 26.2 Å². The van der Waals surface area contributed by atoms with Gasteiger partial charge in [0.15, 0.2) is 0 Å². The first-order valence-electron chi connectivity index (χ1n) is 8.66. The van der Waals surface area contributed by atoms with Crippen molar-refractivity contribution in [1.29, 1.82) is 0 Å². The van der Waals surface area contributed by atoms with Crippen LogP contribution in [0.4, 0.5) is 5.69 Å². The molecule has 1 aliphatic rings. The highest BCUT2D eigenvalue weighted by atomic mass is 16.2. The van der Waals surface area contributed by atoms with E-state index in [1.54, 1.807) is 48.6 Å². The highest BCUT2D eigenvalue weighted by Gasteiger charge is 2.20. The van der Waals surface area contributed by atoms with Crippen LogP contribution < -0.4 is 4.90 Å². The maximum absolute atomic E-state index is 12.8. The molecule has 1 aliphatic heterocycles. The number of hydrogen-bond donors (Lipinski definition) is 0. The van der Waals surface area contributed by atoms with Crippen molar-refractivity contribution in [2.75, 3.05) is 25.0 Å².